The zero-order chi connectivity index (χ0) is 12.0. The second kappa shape index (κ2) is 6.27. The topological polar surface area (TPSA) is 69.6 Å². The van der Waals surface area contributed by atoms with Crippen LogP contribution in [0.3, 0.4) is 0 Å². The van der Waals surface area contributed by atoms with E-state index in [-0.39, 0.29) is 24.3 Å². The summed E-state index contributed by atoms with van der Waals surface area (Å²) in [7, 11) is 0. The predicted octanol–water partition coefficient (Wildman–Crippen LogP) is -0.480. The van der Waals surface area contributed by atoms with E-state index in [4.69, 9.17) is 5.11 Å². The highest BCUT2D eigenvalue weighted by atomic mass is 16.3. The number of hydrogen-bond acceptors (Lipinski definition) is 3. The lowest BCUT2D eigenvalue weighted by Crippen LogP contribution is -2.42. The zero-order valence-electron chi connectivity index (χ0n) is 9.32. The fourth-order valence-electron chi connectivity index (χ4n) is 1.81. The fraction of sp³-hybridized carbons (Fsp3) is 0.636. The Kier molecular flexibility index (Phi) is 4.98. The van der Waals surface area contributed by atoms with Crippen LogP contribution < -0.4 is 5.32 Å². The van der Waals surface area contributed by atoms with Gasteiger partial charge in [-0.2, -0.15) is 0 Å². The first-order valence-electron chi connectivity index (χ1n) is 5.49. The Morgan fingerprint density at radius 3 is 2.56 bits per heavy atom. The van der Waals surface area contributed by atoms with E-state index >= 15 is 0 Å². The first-order valence-corrected chi connectivity index (χ1v) is 5.49. The quantitative estimate of drug-likeness (QED) is 0.636. The van der Waals surface area contributed by atoms with Gasteiger partial charge >= 0.3 is 0 Å². The normalized spacial score (nSPS) is 16.9. The summed E-state index contributed by atoms with van der Waals surface area (Å²) in [5, 5.41) is 11.2. The number of nitrogens with one attached hydrogen (secondary N) is 1. The summed E-state index contributed by atoms with van der Waals surface area (Å²) >= 11 is 0. The van der Waals surface area contributed by atoms with Crippen molar-refractivity contribution in [3.8, 4) is 0 Å². The van der Waals surface area contributed by atoms with Gasteiger partial charge < -0.3 is 15.3 Å². The molecule has 16 heavy (non-hydrogen) atoms. The Morgan fingerprint density at radius 2 is 2.06 bits per heavy atom. The summed E-state index contributed by atoms with van der Waals surface area (Å²) in [5.41, 5.74) is 0. The van der Waals surface area contributed by atoms with Gasteiger partial charge in [0.1, 0.15) is 0 Å². The first-order chi connectivity index (χ1) is 7.69. The smallest absolute Gasteiger partial charge is 0.245 e. The van der Waals surface area contributed by atoms with Crippen molar-refractivity contribution >= 4 is 11.8 Å². The van der Waals surface area contributed by atoms with E-state index in [2.05, 4.69) is 11.9 Å². The highest BCUT2D eigenvalue weighted by Crippen LogP contribution is 2.17. The molecule has 0 aromatic carbocycles. The van der Waals surface area contributed by atoms with E-state index in [1.54, 1.807) is 4.90 Å². The molecule has 2 amide bonds. The van der Waals surface area contributed by atoms with Crippen molar-refractivity contribution in [1.82, 2.24) is 10.2 Å². The lowest BCUT2D eigenvalue weighted by atomic mass is 9.96. The highest BCUT2D eigenvalue weighted by Gasteiger charge is 2.25. The van der Waals surface area contributed by atoms with Crippen molar-refractivity contribution < 1.29 is 14.7 Å². The molecule has 0 aromatic rings. The minimum Gasteiger partial charge on any atom is -0.395 e. The van der Waals surface area contributed by atoms with E-state index in [1.807, 2.05) is 0 Å². The van der Waals surface area contributed by atoms with Crippen LogP contribution in [0.2, 0.25) is 0 Å². The molecule has 0 spiro atoms. The van der Waals surface area contributed by atoms with Crippen LogP contribution in [0.4, 0.5) is 0 Å². The monoisotopic (exact) mass is 226 g/mol. The Balaban J connectivity index is 2.34. The molecule has 0 radical (unpaired) electrons. The van der Waals surface area contributed by atoms with Crippen LogP contribution in [0.25, 0.3) is 0 Å². The van der Waals surface area contributed by atoms with Crippen LogP contribution in [0.5, 0.6) is 0 Å². The lowest BCUT2D eigenvalue weighted by molar-refractivity contribution is -0.132. The largest absolute Gasteiger partial charge is 0.395 e. The summed E-state index contributed by atoms with van der Waals surface area (Å²) in [5.74, 6) is -0.144. The molecule has 90 valence electrons. The van der Waals surface area contributed by atoms with Crippen LogP contribution in [-0.4, -0.2) is 48.1 Å². The molecular formula is C11H18N2O3. The molecule has 0 aromatic heterocycles. The van der Waals surface area contributed by atoms with Gasteiger partial charge in [0.15, 0.2) is 0 Å². The number of likely N-dealkylation sites (tertiary alicyclic amines) is 1. The fourth-order valence-corrected chi connectivity index (χ4v) is 1.81. The summed E-state index contributed by atoms with van der Waals surface area (Å²) < 4.78 is 0. The second-order valence-corrected chi connectivity index (χ2v) is 3.82. The number of amides is 2. The molecule has 1 aliphatic rings. The molecule has 0 aliphatic carbocycles. The Bertz CT molecular complexity index is 270. The van der Waals surface area contributed by atoms with Crippen molar-refractivity contribution in [3.05, 3.63) is 12.7 Å². The molecule has 1 heterocycles. The van der Waals surface area contributed by atoms with Gasteiger partial charge in [-0.1, -0.05) is 6.58 Å². The number of piperidine rings is 1. The third-order valence-electron chi connectivity index (χ3n) is 2.76. The molecule has 1 aliphatic heterocycles. The average Bonchev–Trinajstić information content (AvgIpc) is 2.35. The highest BCUT2D eigenvalue weighted by molar-refractivity contribution is 5.87. The van der Waals surface area contributed by atoms with Gasteiger partial charge in [-0.15, -0.1) is 0 Å². The minimum atomic E-state index is -0.0748. The summed E-state index contributed by atoms with van der Waals surface area (Å²) in [6.07, 6.45) is 2.65. The predicted molar refractivity (Wildman–Crippen MR) is 59.6 cm³/mol. The van der Waals surface area contributed by atoms with Crippen molar-refractivity contribution in [1.29, 1.82) is 0 Å². The maximum absolute atomic E-state index is 11.6. The van der Waals surface area contributed by atoms with E-state index in [0.717, 1.165) is 0 Å². The van der Waals surface area contributed by atoms with Gasteiger partial charge in [0.2, 0.25) is 11.8 Å². The summed E-state index contributed by atoms with van der Waals surface area (Å²) in [6, 6.07) is 0. The number of aliphatic hydroxyl groups excluding tert-OH is 1. The van der Waals surface area contributed by atoms with E-state index in [1.165, 1.54) is 6.08 Å². The molecule has 0 bridgehead atoms. The second-order valence-electron chi connectivity index (χ2n) is 3.82. The van der Waals surface area contributed by atoms with Crippen LogP contribution in [0.15, 0.2) is 12.7 Å². The van der Waals surface area contributed by atoms with E-state index in [9.17, 15) is 9.59 Å². The third-order valence-corrected chi connectivity index (χ3v) is 2.76. The summed E-state index contributed by atoms with van der Waals surface area (Å²) in [4.78, 5) is 24.5. The number of nitrogens with zero attached hydrogens (tertiary/aromatic N) is 1. The average molecular weight is 226 g/mol. The van der Waals surface area contributed by atoms with E-state index < -0.39 is 0 Å². The number of carbonyl (C=O) groups is 2. The molecule has 1 fully saturated rings. The van der Waals surface area contributed by atoms with Crippen LogP contribution in [0.1, 0.15) is 12.8 Å². The molecule has 0 atom stereocenters. The zero-order valence-corrected chi connectivity index (χ0v) is 9.32. The molecule has 5 heteroatoms. The van der Waals surface area contributed by atoms with Gasteiger partial charge in [0, 0.05) is 25.6 Å². The third kappa shape index (κ3) is 3.34. The van der Waals surface area contributed by atoms with Crippen LogP contribution >= 0.6 is 0 Å². The minimum absolute atomic E-state index is 0.0280. The van der Waals surface area contributed by atoms with Gasteiger partial charge in [-0.3, -0.25) is 9.59 Å². The standard InChI is InChI=1S/C11H18N2O3/c1-2-10(15)13-6-3-9(4-7-13)11(16)12-5-8-14/h2,9,14H,1,3-8H2,(H,12,16). The van der Waals surface area contributed by atoms with Crippen molar-refractivity contribution in [3.63, 3.8) is 0 Å². The van der Waals surface area contributed by atoms with Gasteiger partial charge in [0.05, 0.1) is 6.61 Å². The number of rotatable bonds is 4. The van der Waals surface area contributed by atoms with Gasteiger partial charge in [-0.25, -0.2) is 0 Å². The number of carbonyl (C=O) groups excluding carboxylic acids is 2. The molecule has 2 N–H and O–H groups in total. The number of aliphatic hydroxyl groups is 1. The van der Waals surface area contributed by atoms with Crippen molar-refractivity contribution in [2.24, 2.45) is 5.92 Å². The van der Waals surface area contributed by atoms with E-state index in [0.29, 0.717) is 32.5 Å². The SMILES string of the molecule is C=CC(=O)N1CCC(C(=O)NCCO)CC1. The molecule has 0 saturated carbocycles. The van der Waals surface area contributed by atoms with Crippen LogP contribution in [0, 0.1) is 5.92 Å². The Hall–Kier alpha value is -1.36. The van der Waals surface area contributed by atoms with Crippen LogP contribution in [-0.2, 0) is 9.59 Å². The van der Waals surface area contributed by atoms with Gasteiger partial charge in [-0.05, 0) is 18.9 Å². The first kappa shape index (κ1) is 12.7. The summed E-state index contributed by atoms with van der Waals surface area (Å²) in [6.45, 7) is 4.88. The number of hydrogen-bond donors (Lipinski definition) is 2. The Morgan fingerprint density at radius 1 is 1.44 bits per heavy atom. The Labute approximate surface area is 95.1 Å². The van der Waals surface area contributed by atoms with Crippen molar-refractivity contribution in [2.45, 2.75) is 12.8 Å². The molecular weight excluding hydrogens is 208 g/mol. The molecule has 1 rings (SSSR count). The van der Waals surface area contributed by atoms with Gasteiger partial charge in [0.25, 0.3) is 0 Å². The molecule has 0 unspecified atom stereocenters. The maximum atomic E-state index is 11.6. The lowest BCUT2D eigenvalue weighted by Gasteiger charge is -2.30. The van der Waals surface area contributed by atoms with Crippen molar-refractivity contribution in [2.75, 3.05) is 26.2 Å². The molecule has 5 nitrogen and oxygen atoms in total. The molecule has 1 saturated heterocycles. The maximum Gasteiger partial charge on any atom is 0.245 e.